The molecule has 5 nitrogen and oxygen atoms in total. The number of aromatic amines is 2. The molecule has 8 bridgehead atoms. The molecule has 3 N–H and O–H groups in total. The van der Waals surface area contributed by atoms with Crippen LogP contribution in [0.3, 0.4) is 0 Å². The lowest BCUT2D eigenvalue weighted by atomic mass is 10.2. The molecule has 0 radical (unpaired) electrons. The molecule has 0 saturated heterocycles. The first-order chi connectivity index (χ1) is 12.2. The van der Waals surface area contributed by atoms with Crippen molar-refractivity contribution in [2.45, 2.75) is 12.8 Å². The molecule has 0 saturated carbocycles. The minimum absolute atomic E-state index is 0.0203. The summed E-state index contributed by atoms with van der Waals surface area (Å²) in [4.78, 5) is 23.6. The summed E-state index contributed by atoms with van der Waals surface area (Å²) in [6, 6.07) is 8.00. The van der Waals surface area contributed by atoms with Crippen LogP contribution in [0.2, 0.25) is 0 Å². The number of ketones is 1. The molecular weight excluding hydrogens is 312 g/mol. The van der Waals surface area contributed by atoms with Crippen LogP contribution in [-0.2, 0) is 4.79 Å². The molecule has 3 aliphatic heterocycles. The summed E-state index contributed by atoms with van der Waals surface area (Å²) in [5.41, 5.74) is 5.38. The van der Waals surface area contributed by atoms with Gasteiger partial charge in [-0.3, -0.25) is 9.79 Å². The van der Waals surface area contributed by atoms with Crippen LogP contribution in [0.1, 0.15) is 24.2 Å². The predicted molar refractivity (Wildman–Crippen MR) is 98.6 cm³/mol. The molecular formula is C20H16N4O. The Morgan fingerprint density at radius 1 is 0.800 bits per heavy atom. The van der Waals surface area contributed by atoms with Crippen molar-refractivity contribution in [3.63, 3.8) is 0 Å². The zero-order valence-corrected chi connectivity index (χ0v) is 13.5. The van der Waals surface area contributed by atoms with Crippen LogP contribution < -0.4 is 16.0 Å². The Morgan fingerprint density at radius 2 is 1.60 bits per heavy atom. The lowest BCUT2D eigenvalue weighted by Crippen LogP contribution is -2.14. The fraction of sp³-hybridized carbons (Fsp3) is 0.100. The Morgan fingerprint density at radius 3 is 2.48 bits per heavy atom. The van der Waals surface area contributed by atoms with Gasteiger partial charge in [0.1, 0.15) is 0 Å². The second-order valence-electron chi connectivity index (χ2n) is 6.41. The molecule has 2 aromatic rings. The summed E-state index contributed by atoms with van der Waals surface area (Å²) in [5, 5.41) is 5.14. The average molecular weight is 328 g/mol. The monoisotopic (exact) mass is 328 g/mol. The van der Waals surface area contributed by atoms with E-state index in [1.54, 1.807) is 6.08 Å². The lowest BCUT2D eigenvalue weighted by molar-refractivity contribution is -0.111. The molecule has 0 amide bonds. The number of hydrogen-bond donors (Lipinski definition) is 3. The van der Waals surface area contributed by atoms with Gasteiger partial charge in [-0.05, 0) is 61.4 Å². The van der Waals surface area contributed by atoms with Gasteiger partial charge < -0.3 is 15.3 Å². The predicted octanol–water partition coefficient (Wildman–Crippen LogP) is 1.59. The highest BCUT2D eigenvalue weighted by Gasteiger charge is 2.17. The highest BCUT2D eigenvalue weighted by Crippen LogP contribution is 2.21. The number of aromatic nitrogens is 2. The van der Waals surface area contributed by atoms with Crippen LogP contribution in [0.15, 0.2) is 52.4 Å². The molecule has 0 fully saturated rings. The summed E-state index contributed by atoms with van der Waals surface area (Å²) in [6.45, 7) is 0. The summed E-state index contributed by atoms with van der Waals surface area (Å²) in [5.74, 6) is -0.0203. The van der Waals surface area contributed by atoms with Crippen molar-refractivity contribution < 1.29 is 4.79 Å². The smallest absolute Gasteiger partial charge is 0.204 e. The topological polar surface area (TPSA) is 73.0 Å². The third kappa shape index (κ3) is 2.70. The maximum Gasteiger partial charge on any atom is 0.204 e. The van der Waals surface area contributed by atoms with Crippen LogP contribution in [0.5, 0.6) is 0 Å². The zero-order chi connectivity index (χ0) is 16.8. The van der Waals surface area contributed by atoms with Gasteiger partial charge in [-0.15, -0.1) is 0 Å². The SMILES string of the molecule is O=C1C=C2C=c3ccc([nH]3)=CC3=NC(=Cc4ccc([nH]4)C=C1N2)CC3. The maximum absolute atomic E-state index is 12.2. The Hall–Kier alpha value is -3.34. The molecule has 0 aliphatic carbocycles. The van der Waals surface area contributed by atoms with Gasteiger partial charge in [0.2, 0.25) is 5.78 Å². The highest BCUT2D eigenvalue weighted by molar-refractivity contribution is 6.12. The Balaban J connectivity index is 1.69. The number of hydrogen-bond acceptors (Lipinski definition) is 3. The molecule has 5 heterocycles. The van der Waals surface area contributed by atoms with Gasteiger partial charge >= 0.3 is 0 Å². The van der Waals surface area contributed by atoms with E-state index >= 15 is 0 Å². The fourth-order valence-corrected chi connectivity index (χ4v) is 3.30. The quantitative estimate of drug-likeness (QED) is 0.687. The number of H-pyrrole nitrogens is 2. The van der Waals surface area contributed by atoms with Crippen molar-refractivity contribution in [2.75, 3.05) is 0 Å². The second kappa shape index (κ2) is 5.34. The van der Waals surface area contributed by atoms with E-state index in [0.29, 0.717) is 5.70 Å². The first kappa shape index (κ1) is 14.0. The van der Waals surface area contributed by atoms with Crippen LogP contribution in [0, 0.1) is 0 Å². The fourth-order valence-electron chi connectivity index (χ4n) is 3.30. The summed E-state index contributed by atoms with van der Waals surface area (Å²) in [6.07, 6.45) is 11.4. The molecule has 5 rings (SSSR count). The van der Waals surface area contributed by atoms with Gasteiger partial charge in [0, 0.05) is 45.3 Å². The molecule has 0 aromatic carbocycles. The minimum Gasteiger partial charge on any atom is -0.355 e. The van der Waals surface area contributed by atoms with E-state index in [2.05, 4.69) is 27.4 Å². The van der Waals surface area contributed by atoms with Crippen molar-refractivity contribution in [3.05, 3.63) is 69.5 Å². The molecule has 3 aliphatic rings. The van der Waals surface area contributed by atoms with Gasteiger partial charge in [0.25, 0.3) is 0 Å². The lowest BCUT2D eigenvalue weighted by Gasteiger charge is -1.99. The van der Waals surface area contributed by atoms with E-state index in [1.165, 1.54) is 0 Å². The highest BCUT2D eigenvalue weighted by atomic mass is 16.1. The largest absolute Gasteiger partial charge is 0.355 e. The number of nitrogens with zero attached hydrogens (tertiary/aromatic N) is 1. The van der Waals surface area contributed by atoms with Crippen molar-refractivity contribution in [2.24, 2.45) is 4.99 Å². The zero-order valence-electron chi connectivity index (χ0n) is 13.5. The minimum atomic E-state index is -0.0203. The number of rotatable bonds is 0. The molecule has 0 atom stereocenters. The molecule has 25 heavy (non-hydrogen) atoms. The average Bonchev–Trinajstić information content (AvgIpc) is 3.33. The van der Waals surface area contributed by atoms with Crippen LogP contribution in [-0.4, -0.2) is 21.5 Å². The summed E-state index contributed by atoms with van der Waals surface area (Å²) in [7, 11) is 0. The van der Waals surface area contributed by atoms with Crippen molar-refractivity contribution in [3.8, 4) is 0 Å². The second-order valence-corrected chi connectivity index (χ2v) is 6.41. The van der Waals surface area contributed by atoms with E-state index in [1.807, 2.05) is 36.4 Å². The standard InChI is InChI=1S/C20H16N4O/c25-20-11-18-9-16-4-3-14(22-16)7-12-1-2-13(21-12)8-15-5-6-17(23-15)10-19(20)24-18/h3-11,22-24H,1-2H2. The molecule has 0 unspecified atom stereocenters. The van der Waals surface area contributed by atoms with Crippen LogP contribution in [0.25, 0.3) is 24.3 Å². The number of carbonyl (C=O) groups excluding carboxylic acids is 1. The van der Waals surface area contributed by atoms with Crippen LogP contribution in [0.4, 0.5) is 0 Å². The first-order valence-corrected chi connectivity index (χ1v) is 8.32. The van der Waals surface area contributed by atoms with Crippen molar-refractivity contribution >= 4 is 35.8 Å². The van der Waals surface area contributed by atoms with Gasteiger partial charge in [-0.1, -0.05) is 0 Å². The number of fused-ring (bicyclic) bond motifs is 7. The summed E-state index contributed by atoms with van der Waals surface area (Å²) < 4.78 is 0. The van der Waals surface area contributed by atoms with E-state index in [0.717, 1.165) is 52.0 Å². The molecule has 0 spiro atoms. The Labute approximate surface area is 143 Å². The maximum atomic E-state index is 12.2. The molecule has 122 valence electrons. The van der Waals surface area contributed by atoms with Gasteiger partial charge in [0.05, 0.1) is 5.70 Å². The Kier molecular flexibility index (Phi) is 3.00. The van der Waals surface area contributed by atoms with Gasteiger partial charge in [-0.2, -0.15) is 0 Å². The summed E-state index contributed by atoms with van der Waals surface area (Å²) >= 11 is 0. The van der Waals surface area contributed by atoms with E-state index in [-0.39, 0.29) is 5.78 Å². The van der Waals surface area contributed by atoms with Gasteiger partial charge in [0.15, 0.2) is 0 Å². The van der Waals surface area contributed by atoms with E-state index < -0.39 is 0 Å². The first-order valence-electron chi connectivity index (χ1n) is 8.32. The number of carbonyl (C=O) groups is 1. The number of allylic oxidation sites excluding steroid dienone is 3. The van der Waals surface area contributed by atoms with Crippen molar-refractivity contribution in [1.82, 2.24) is 15.3 Å². The van der Waals surface area contributed by atoms with E-state index in [9.17, 15) is 4.79 Å². The number of nitrogens with one attached hydrogen (secondary N) is 3. The normalized spacial score (nSPS) is 18.5. The van der Waals surface area contributed by atoms with Gasteiger partial charge in [-0.25, -0.2) is 0 Å². The third-order valence-corrected chi connectivity index (χ3v) is 4.47. The Bertz CT molecular complexity index is 1130. The third-order valence-electron chi connectivity index (χ3n) is 4.47. The van der Waals surface area contributed by atoms with Crippen LogP contribution >= 0.6 is 0 Å². The van der Waals surface area contributed by atoms with Crippen molar-refractivity contribution in [1.29, 1.82) is 0 Å². The van der Waals surface area contributed by atoms with E-state index in [4.69, 9.17) is 4.99 Å². The molecule has 2 aromatic heterocycles. The molecule has 5 heteroatoms. The number of aliphatic imine (C=N–C) groups is 1.